The lowest BCUT2D eigenvalue weighted by atomic mass is 9.98. The molecule has 0 heterocycles. The van der Waals surface area contributed by atoms with E-state index in [-0.39, 0.29) is 0 Å². The van der Waals surface area contributed by atoms with Crippen LogP contribution in [-0.4, -0.2) is 32.4 Å². The van der Waals surface area contributed by atoms with E-state index in [1.165, 1.54) is 0 Å². The molecule has 0 bridgehead atoms. The first kappa shape index (κ1) is 18.7. The zero-order valence-corrected chi connectivity index (χ0v) is 15.4. The molecule has 0 spiro atoms. The lowest BCUT2D eigenvalue weighted by molar-refractivity contribution is -0.108. The highest BCUT2D eigenvalue weighted by molar-refractivity contribution is 6.02. The van der Waals surface area contributed by atoms with Crippen molar-refractivity contribution in [1.82, 2.24) is 0 Å². The SMILES string of the molecule is [B]OC=Nc1ccc2c(c1)C(C=O)c1cc(NC(=O)OC(C)(C)C)ccc1-2. The van der Waals surface area contributed by atoms with Gasteiger partial charge < -0.3 is 14.2 Å². The summed E-state index contributed by atoms with van der Waals surface area (Å²) in [5.41, 5.74) is 4.18. The molecule has 0 aromatic heterocycles. The Morgan fingerprint density at radius 1 is 1.15 bits per heavy atom. The molecule has 1 unspecified atom stereocenters. The fourth-order valence-electron chi connectivity index (χ4n) is 3.10. The van der Waals surface area contributed by atoms with E-state index in [2.05, 4.69) is 15.0 Å². The number of carbonyl (C=O) groups is 2. The molecule has 1 aliphatic carbocycles. The van der Waals surface area contributed by atoms with Gasteiger partial charge in [-0.05, 0) is 67.3 Å². The van der Waals surface area contributed by atoms with Crippen molar-refractivity contribution in [2.24, 2.45) is 4.99 Å². The fourth-order valence-corrected chi connectivity index (χ4v) is 3.10. The monoisotopic (exact) mass is 362 g/mol. The smallest absolute Gasteiger partial charge is 0.412 e. The van der Waals surface area contributed by atoms with Crippen LogP contribution in [0.5, 0.6) is 0 Å². The van der Waals surface area contributed by atoms with E-state index in [0.717, 1.165) is 34.9 Å². The van der Waals surface area contributed by atoms with Crippen molar-refractivity contribution in [1.29, 1.82) is 0 Å². The van der Waals surface area contributed by atoms with Crippen LogP contribution in [0.15, 0.2) is 41.4 Å². The first-order valence-electron chi connectivity index (χ1n) is 8.44. The van der Waals surface area contributed by atoms with Gasteiger partial charge >= 0.3 is 14.1 Å². The van der Waals surface area contributed by atoms with E-state index < -0.39 is 17.6 Å². The van der Waals surface area contributed by atoms with Crippen LogP contribution in [0.3, 0.4) is 0 Å². The largest absolute Gasteiger partial charge is 0.560 e. The summed E-state index contributed by atoms with van der Waals surface area (Å²) in [7, 11) is 4.96. The highest BCUT2D eigenvalue weighted by Crippen LogP contribution is 2.46. The second-order valence-electron chi connectivity index (χ2n) is 7.18. The average Bonchev–Trinajstić information content (AvgIpc) is 2.90. The van der Waals surface area contributed by atoms with Crippen LogP contribution < -0.4 is 5.32 Å². The topological polar surface area (TPSA) is 77.0 Å². The van der Waals surface area contributed by atoms with Crippen molar-refractivity contribution >= 4 is 38.2 Å². The second kappa shape index (κ2) is 7.27. The Hall–Kier alpha value is -3.09. The van der Waals surface area contributed by atoms with E-state index in [9.17, 15) is 9.59 Å². The van der Waals surface area contributed by atoms with Crippen LogP contribution in [0.2, 0.25) is 0 Å². The molecule has 0 aliphatic heterocycles. The molecule has 0 saturated carbocycles. The summed E-state index contributed by atoms with van der Waals surface area (Å²) >= 11 is 0. The molecule has 1 aliphatic rings. The van der Waals surface area contributed by atoms with Gasteiger partial charge in [0.2, 0.25) is 0 Å². The summed E-state index contributed by atoms with van der Waals surface area (Å²) < 4.78 is 9.63. The van der Waals surface area contributed by atoms with Gasteiger partial charge in [0.05, 0.1) is 11.6 Å². The van der Waals surface area contributed by atoms with Crippen molar-refractivity contribution in [3.63, 3.8) is 0 Å². The summed E-state index contributed by atoms with van der Waals surface area (Å²) in [4.78, 5) is 27.8. The van der Waals surface area contributed by atoms with Crippen molar-refractivity contribution < 1.29 is 19.0 Å². The van der Waals surface area contributed by atoms with E-state index in [4.69, 9.17) is 12.8 Å². The summed E-state index contributed by atoms with van der Waals surface area (Å²) in [6.07, 6.45) is 1.47. The quantitative estimate of drug-likeness (QED) is 0.384. The predicted octanol–water partition coefficient (Wildman–Crippen LogP) is 4.10. The van der Waals surface area contributed by atoms with Crippen LogP contribution in [0, 0.1) is 0 Å². The Balaban J connectivity index is 1.91. The van der Waals surface area contributed by atoms with Crippen LogP contribution in [0.4, 0.5) is 16.2 Å². The van der Waals surface area contributed by atoms with Gasteiger partial charge in [-0.25, -0.2) is 9.79 Å². The first-order chi connectivity index (χ1) is 12.8. The molecular weight excluding hydrogens is 343 g/mol. The molecular formula is C20H19BN2O4. The number of ether oxygens (including phenoxy) is 1. The molecule has 1 N–H and O–H groups in total. The molecule has 1 atom stereocenters. The molecule has 2 aromatic carbocycles. The molecule has 2 aromatic rings. The number of nitrogens with zero attached hydrogens (tertiary/aromatic N) is 1. The van der Waals surface area contributed by atoms with Gasteiger partial charge in [-0.2, -0.15) is 0 Å². The van der Waals surface area contributed by atoms with Gasteiger partial charge in [-0.3, -0.25) is 5.32 Å². The minimum atomic E-state index is -0.591. The minimum Gasteiger partial charge on any atom is -0.560 e. The third kappa shape index (κ3) is 4.02. The maximum Gasteiger partial charge on any atom is 0.412 e. The lowest BCUT2D eigenvalue weighted by Gasteiger charge is -2.20. The van der Waals surface area contributed by atoms with Crippen molar-refractivity contribution in [2.75, 3.05) is 5.32 Å². The predicted molar refractivity (Wildman–Crippen MR) is 105 cm³/mol. The highest BCUT2D eigenvalue weighted by atomic mass is 16.6. The number of aldehydes is 1. The highest BCUT2D eigenvalue weighted by Gasteiger charge is 2.29. The summed E-state index contributed by atoms with van der Waals surface area (Å²) in [5.74, 6) is -0.440. The Morgan fingerprint density at radius 2 is 1.81 bits per heavy atom. The van der Waals surface area contributed by atoms with E-state index in [1.54, 1.807) is 32.9 Å². The van der Waals surface area contributed by atoms with Gasteiger partial charge in [0.15, 0.2) is 6.40 Å². The fraction of sp³-hybridized carbons (Fsp3) is 0.250. The third-order valence-corrected chi connectivity index (χ3v) is 4.09. The number of amides is 1. The standard InChI is InChI=1S/C20H19BN2O4/c1-20(2,3)27-19(25)23-13-5-7-15-14-6-4-12(22-11-26-21)8-16(14)18(10-24)17(15)9-13/h4-11,18H,1-3H3,(H,23,25). The third-order valence-electron chi connectivity index (χ3n) is 4.09. The van der Waals surface area contributed by atoms with Gasteiger partial charge in [0.1, 0.15) is 11.9 Å². The Bertz CT molecular complexity index is 919. The molecule has 136 valence electrons. The number of hydrogen-bond acceptors (Lipinski definition) is 5. The van der Waals surface area contributed by atoms with Gasteiger partial charge in [0, 0.05) is 5.69 Å². The first-order valence-corrected chi connectivity index (χ1v) is 8.44. The molecule has 3 rings (SSSR count). The Labute approximate surface area is 159 Å². The van der Waals surface area contributed by atoms with Gasteiger partial charge in [-0.1, -0.05) is 12.1 Å². The van der Waals surface area contributed by atoms with Crippen LogP contribution in [-0.2, 0) is 14.2 Å². The maximum absolute atomic E-state index is 12.0. The molecule has 2 radical (unpaired) electrons. The second-order valence-corrected chi connectivity index (χ2v) is 7.18. The van der Waals surface area contributed by atoms with E-state index >= 15 is 0 Å². The number of nitrogens with one attached hydrogen (secondary N) is 1. The van der Waals surface area contributed by atoms with E-state index in [0.29, 0.717) is 11.4 Å². The summed E-state index contributed by atoms with van der Waals surface area (Å²) in [5, 5.41) is 2.71. The number of hydrogen-bond donors (Lipinski definition) is 1. The summed E-state index contributed by atoms with van der Waals surface area (Å²) in [6.45, 7) is 5.39. The van der Waals surface area contributed by atoms with E-state index in [1.807, 2.05) is 24.3 Å². The molecule has 6 nitrogen and oxygen atoms in total. The maximum atomic E-state index is 12.0. The average molecular weight is 362 g/mol. The minimum absolute atomic E-state index is 0.440. The molecule has 7 heteroatoms. The van der Waals surface area contributed by atoms with Gasteiger partial charge in [0.25, 0.3) is 0 Å². The van der Waals surface area contributed by atoms with Crippen LogP contribution >= 0.6 is 0 Å². The van der Waals surface area contributed by atoms with Crippen molar-refractivity contribution in [3.8, 4) is 11.1 Å². The van der Waals surface area contributed by atoms with Crippen molar-refractivity contribution in [3.05, 3.63) is 47.5 Å². The number of rotatable bonds is 4. The molecule has 0 saturated heterocycles. The number of aliphatic imine (C=N–C) groups is 1. The Kier molecular flexibility index (Phi) is 5.03. The molecule has 1 amide bonds. The van der Waals surface area contributed by atoms with Gasteiger partial charge in [-0.15, -0.1) is 0 Å². The number of benzene rings is 2. The zero-order valence-electron chi connectivity index (χ0n) is 15.4. The number of anilines is 1. The lowest BCUT2D eigenvalue weighted by Crippen LogP contribution is -2.27. The zero-order chi connectivity index (χ0) is 19.6. The van der Waals surface area contributed by atoms with Crippen LogP contribution in [0.1, 0.15) is 37.8 Å². The normalized spacial score (nSPS) is 15.1. The molecule has 27 heavy (non-hydrogen) atoms. The number of carbonyl (C=O) groups excluding carboxylic acids is 2. The van der Waals surface area contributed by atoms with Crippen LogP contribution in [0.25, 0.3) is 11.1 Å². The number of fused-ring (bicyclic) bond motifs is 3. The van der Waals surface area contributed by atoms with Crippen molar-refractivity contribution in [2.45, 2.75) is 32.3 Å². The molecule has 0 fully saturated rings. The Morgan fingerprint density at radius 3 is 2.44 bits per heavy atom. The summed E-state index contributed by atoms with van der Waals surface area (Å²) in [6, 6.07) is 11.0.